The van der Waals surface area contributed by atoms with E-state index in [0.29, 0.717) is 12.2 Å². The van der Waals surface area contributed by atoms with Gasteiger partial charge in [-0.25, -0.2) is 4.79 Å². The van der Waals surface area contributed by atoms with Crippen LogP contribution in [0.2, 0.25) is 0 Å². The quantitative estimate of drug-likeness (QED) is 0.442. The van der Waals surface area contributed by atoms with E-state index < -0.39 is 0 Å². The fourth-order valence-electron chi connectivity index (χ4n) is 1.36. The minimum atomic E-state index is -0.378. The number of rotatable bonds is 4. The lowest BCUT2D eigenvalue weighted by Crippen LogP contribution is -1.98. The van der Waals surface area contributed by atoms with Crippen LogP contribution < -0.4 is 0 Å². The van der Waals surface area contributed by atoms with Gasteiger partial charge in [0.05, 0.1) is 6.61 Å². The van der Waals surface area contributed by atoms with Crippen LogP contribution in [-0.2, 0) is 9.53 Å². The summed E-state index contributed by atoms with van der Waals surface area (Å²) >= 11 is 0. The minimum absolute atomic E-state index is 0.358. The number of aldehydes is 1. The van der Waals surface area contributed by atoms with Gasteiger partial charge in [0.2, 0.25) is 0 Å². The molecule has 0 atom stereocenters. The number of carbonyl (C=O) groups is 2. The van der Waals surface area contributed by atoms with Crippen LogP contribution in [-0.4, -0.2) is 18.9 Å². The van der Waals surface area contributed by atoms with E-state index in [1.165, 1.54) is 6.08 Å². The van der Waals surface area contributed by atoms with Crippen molar-refractivity contribution in [2.45, 2.75) is 13.8 Å². The summed E-state index contributed by atoms with van der Waals surface area (Å²) in [5, 5.41) is 0. The zero-order valence-corrected chi connectivity index (χ0v) is 9.40. The van der Waals surface area contributed by atoms with Gasteiger partial charge in [-0.2, -0.15) is 0 Å². The molecule has 0 radical (unpaired) electrons. The number of carbonyl (C=O) groups excluding carboxylic acids is 2. The van der Waals surface area contributed by atoms with E-state index in [2.05, 4.69) is 0 Å². The Morgan fingerprint density at radius 3 is 2.62 bits per heavy atom. The van der Waals surface area contributed by atoms with Gasteiger partial charge in [-0.3, -0.25) is 4.79 Å². The highest BCUT2D eigenvalue weighted by Gasteiger charge is 1.97. The van der Waals surface area contributed by atoms with E-state index in [9.17, 15) is 9.59 Å². The minimum Gasteiger partial charge on any atom is -0.463 e. The van der Waals surface area contributed by atoms with Crippen molar-refractivity contribution in [1.82, 2.24) is 0 Å². The molecule has 84 valence electrons. The molecule has 0 heterocycles. The lowest BCUT2D eigenvalue weighted by molar-refractivity contribution is -0.137. The van der Waals surface area contributed by atoms with Crippen LogP contribution in [0.15, 0.2) is 24.3 Å². The molecular weight excluding hydrogens is 204 g/mol. The van der Waals surface area contributed by atoms with E-state index in [4.69, 9.17) is 4.74 Å². The van der Waals surface area contributed by atoms with Crippen LogP contribution >= 0.6 is 0 Å². The Kier molecular flexibility index (Phi) is 4.45. The lowest BCUT2D eigenvalue weighted by Gasteiger charge is -1.99. The first-order valence-electron chi connectivity index (χ1n) is 5.07. The molecule has 0 spiro atoms. The van der Waals surface area contributed by atoms with Crippen LogP contribution in [0.1, 0.15) is 28.4 Å². The van der Waals surface area contributed by atoms with E-state index in [1.807, 2.05) is 13.0 Å². The summed E-state index contributed by atoms with van der Waals surface area (Å²) in [5.74, 6) is -0.378. The summed E-state index contributed by atoms with van der Waals surface area (Å²) in [6, 6.07) is 5.40. The first kappa shape index (κ1) is 12.2. The zero-order valence-electron chi connectivity index (χ0n) is 9.40. The fraction of sp³-hybridized carbons (Fsp3) is 0.231. The highest BCUT2D eigenvalue weighted by Crippen LogP contribution is 2.09. The van der Waals surface area contributed by atoms with Crippen molar-refractivity contribution in [1.29, 1.82) is 0 Å². The highest BCUT2D eigenvalue weighted by atomic mass is 16.5. The number of aryl methyl sites for hydroxylation is 1. The molecule has 0 saturated heterocycles. The number of esters is 1. The summed E-state index contributed by atoms with van der Waals surface area (Å²) in [4.78, 5) is 21.7. The molecule has 1 rings (SSSR count). The van der Waals surface area contributed by atoms with Gasteiger partial charge < -0.3 is 4.74 Å². The molecule has 1 aromatic carbocycles. The molecule has 3 nitrogen and oxygen atoms in total. The molecular formula is C13H14O3. The van der Waals surface area contributed by atoms with Crippen LogP contribution in [0, 0.1) is 6.92 Å². The Labute approximate surface area is 94.7 Å². The monoisotopic (exact) mass is 218 g/mol. The van der Waals surface area contributed by atoms with E-state index in [0.717, 1.165) is 17.4 Å². The largest absolute Gasteiger partial charge is 0.463 e. The SMILES string of the molecule is CCOC(=O)C=Cc1cc(C)cc(C=O)c1. The molecule has 0 N–H and O–H groups in total. The summed E-state index contributed by atoms with van der Waals surface area (Å²) < 4.78 is 4.76. The molecule has 0 aromatic heterocycles. The average molecular weight is 218 g/mol. The third kappa shape index (κ3) is 3.69. The summed E-state index contributed by atoms with van der Waals surface area (Å²) in [6.45, 7) is 4.01. The molecule has 0 aliphatic heterocycles. The Bertz CT molecular complexity index is 419. The Hall–Kier alpha value is -1.90. The zero-order chi connectivity index (χ0) is 12.0. The third-order valence-corrected chi connectivity index (χ3v) is 1.96. The van der Waals surface area contributed by atoms with E-state index in [1.54, 1.807) is 25.1 Å². The second-order valence-electron chi connectivity index (χ2n) is 3.38. The van der Waals surface area contributed by atoms with Crippen molar-refractivity contribution >= 4 is 18.3 Å². The number of ether oxygens (including phenoxy) is 1. The second-order valence-corrected chi connectivity index (χ2v) is 3.38. The molecule has 0 amide bonds. The summed E-state index contributed by atoms with van der Waals surface area (Å²) in [5.41, 5.74) is 2.40. The standard InChI is InChI=1S/C13H14O3/c1-3-16-13(15)5-4-11-6-10(2)7-12(8-11)9-14/h4-9H,3H2,1-2H3. The summed E-state index contributed by atoms with van der Waals surface area (Å²) in [6.07, 6.45) is 3.78. The molecule has 0 fully saturated rings. The highest BCUT2D eigenvalue weighted by molar-refractivity contribution is 5.87. The Morgan fingerprint density at radius 1 is 1.31 bits per heavy atom. The second kappa shape index (κ2) is 5.85. The average Bonchev–Trinajstić information content (AvgIpc) is 2.26. The summed E-state index contributed by atoms with van der Waals surface area (Å²) in [7, 11) is 0. The van der Waals surface area contributed by atoms with Crippen molar-refractivity contribution in [2.75, 3.05) is 6.61 Å². The number of benzene rings is 1. The normalized spacial score (nSPS) is 10.4. The maximum atomic E-state index is 11.1. The van der Waals surface area contributed by atoms with Crippen molar-refractivity contribution < 1.29 is 14.3 Å². The Morgan fingerprint density at radius 2 is 2.00 bits per heavy atom. The molecule has 0 unspecified atom stereocenters. The van der Waals surface area contributed by atoms with Crippen LogP contribution in [0.25, 0.3) is 6.08 Å². The van der Waals surface area contributed by atoms with Gasteiger partial charge in [0.1, 0.15) is 6.29 Å². The topological polar surface area (TPSA) is 43.4 Å². The molecule has 3 heteroatoms. The predicted molar refractivity (Wildman–Crippen MR) is 62.2 cm³/mol. The molecule has 0 aliphatic carbocycles. The van der Waals surface area contributed by atoms with Gasteiger partial charge in [0.15, 0.2) is 0 Å². The van der Waals surface area contributed by atoms with Gasteiger partial charge in [-0.15, -0.1) is 0 Å². The molecule has 0 saturated carbocycles. The molecule has 16 heavy (non-hydrogen) atoms. The predicted octanol–water partition coefficient (Wildman–Crippen LogP) is 2.38. The van der Waals surface area contributed by atoms with Crippen molar-refractivity contribution in [2.24, 2.45) is 0 Å². The fourth-order valence-corrected chi connectivity index (χ4v) is 1.36. The first-order valence-corrected chi connectivity index (χ1v) is 5.07. The van der Waals surface area contributed by atoms with Crippen LogP contribution in [0.4, 0.5) is 0 Å². The van der Waals surface area contributed by atoms with Gasteiger partial charge in [0.25, 0.3) is 0 Å². The molecule has 0 bridgehead atoms. The number of hydrogen-bond donors (Lipinski definition) is 0. The van der Waals surface area contributed by atoms with Crippen LogP contribution in [0.5, 0.6) is 0 Å². The molecule has 0 aliphatic rings. The van der Waals surface area contributed by atoms with E-state index in [-0.39, 0.29) is 5.97 Å². The van der Waals surface area contributed by atoms with Gasteiger partial charge in [0, 0.05) is 11.6 Å². The van der Waals surface area contributed by atoms with Crippen molar-refractivity contribution in [3.8, 4) is 0 Å². The van der Waals surface area contributed by atoms with E-state index >= 15 is 0 Å². The van der Waals surface area contributed by atoms with Crippen molar-refractivity contribution in [3.05, 3.63) is 41.0 Å². The van der Waals surface area contributed by atoms with Gasteiger partial charge in [-0.05, 0) is 43.2 Å². The maximum absolute atomic E-state index is 11.1. The van der Waals surface area contributed by atoms with Gasteiger partial charge in [-0.1, -0.05) is 6.07 Å². The third-order valence-electron chi connectivity index (χ3n) is 1.96. The smallest absolute Gasteiger partial charge is 0.330 e. The van der Waals surface area contributed by atoms with Gasteiger partial charge >= 0.3 is 5.97 Å². The maximum Gasteiger partial charge on any atom is 0.330 e. The lowest BCUT2D eigenvalue weighted by atomic mass is 10.1. The Balaban J connectivity index is 2.84. The number of hydrogen-bond acceptors (Lipinski definition) is 3. The molecule has 1 aromatic rings. The van der Waals surface area contributed by atoms with Crippen LogP contribution in [0.3, 0.4) is 0 Å². The first-order chi connectivity index (χ1) is 7.65. The van der Waals surface area contributed by atoms with Crippen molar-refractivity contribution in [3.63, 3.8) is 0 Å².